The van der Waals surface area contributed by atoms with Crippen LogP contribution in [0.25, 0.3) is 11.3 Å². The fraction of sp³-hybridized carbons (Fsp3) is 0.667. The maximum absolute atomic E-state index is 14.0. The number of hydrogen-bond acceptors (Lipinski definition) is 9. The average Bonchev–Trinajstić information content (AvgIpc) is 3.61. The predicted molar refractivity (Wildman–Crippen MR) is 179 cm³/mol. The van der Waals surface area contributed by atoms with Crippen LogP contribution in [0.4, 0.5) is 13.2 Å². The number of piperidine rings is 1. The van der Waals surface area contributed by atoms with Crippen LogP contribution in [-0.4, -0.2) is 134 Å². The molecule has 1 aromatic carbocycles. The molecule has 19 heteroatoms. The highest BCUT2D eigenvalue weighted by Gasteiger charge is 2.36. The number of carbonyl (C=O) groups is 1. The Morgan fingerprint density at radius 3 is 2.41 bits per heavy atom. The minimum Gasteiger partial charge on any atom is -0.390 e. The Morgan fingerprint density at radius 2 is 1.80 bits per heavy atom. The molecule has 0 saturated carbocycles. The summed E-state index contributed by atoms with van der Waals surface area (Å²) in [6, 6.07) is 3.83. The molecule has 13 nitrogen and oxygen atoms in total. The fourth-order valence-corrected chi connectivity index (χ4v) is 9.15. The maximum atomic E-state index is 14.0. The monoisotopic (exact) mass is 751 g/mol. The summed E-state index contributed by atoms with van der Waals surface area (Å²) in [7, 11) is -4.65. The number of aromatic nitrogens is 2. The summed E-state index contributed by atoms with van der Waals surface area (Å²) in [5.74, 6) is 0.226. The van der Waals surface area contributed by atoms with Crippen molar-refractivity contribution in [2.75, 3.05) is 65.4 Å². The van der Waals surface area contributed by atoms with Gasteiger partial charge in [0.2, 0.25) is 15.9 Å². The summed E-state index contributed by atoms with van der Waals surface area (Å²) in [6.07, 6.45) is -0.919. The molecule has 0 bridgehead atoms. The van der Waals surface area contributed by atoms with Crippen LogP contribution < -0.4 is 4.72 Å². The summed E-state index contributed by atoms with van der Waals surface area (Å²) >= 11 is 0.849. The molecule has 1 unspecified atom stereocenters. The van der Waals surface area contributed by atoms with Crippen molar-refractivity contribution in [2.24, 2.45) is 0 Å². The van der Waals surface area contributed by atoms with E-state index in [-0.39, 0.29) is 48.8 Å². The highest BCUT2D eigenvalue weighted by molar-refractivity contribution is 7.99. The van der Waals surface area contributed by atoms with Gasteiger partial charge in [0, 0.05) is 106 Å². The lowest BCUT2D eigenvalue weighted by atomic mass is 10.0. The number of halogens is 3. The topological polar surface area (TPSA) is 148 Å². The van der Waals surface area contributed by atoms with Gasteiger partial charge in [-0.25, -0.2) is 13.1 Å². The van der Waals surface area contributed by atoms with E-state index in [1.807, 2.05) is 4.90 Å². The predicted octanol–water partition coefficient (Wildman–Crippen LogP) is 1.82. The van der Waals surface area contributed by atoms with E-state index < -0.39 is 38.1 Å². The molecule has 2 N–H and O–H groups in total. The second-order valence-corrected chi connectivity index (χ2v) is 18.0. The first-order chi connectivity index (χ1) is 22.9. The van der Waals surface area contributed by atoms with Crippen LogP contribution in [0, 0.1) is 0 Å². The zero-order valence-electron chi connectivity index (χ0n) is 27.8. The van der Waals surface area contributed by atoms with Crippen molar-refractivity contribution in [1.29, 1.82) is 0 Å². The van der Waals surface area contributed by atoms with Gasteiger partial charge >= 0.3 is 6.18 Å². The number of nitrogens with one attached hydrogen (secondary N) is 1. The molecule has 3 aliphatic heterocycles. The van der Waals surface area contributed by atoms with Crippen molar-refractivity contribution in [1.82, 2.24) is 32.9 Å². The molecule has 0 radical (unpaired) electrons. The van der Waals surface area contributed by atoms with E-state index >= 15 is 0 Å². The van der Waals surface area contributed by atoms with Crippen molar-refractivity contribution >= 4 is 37.9 Å². The van der Waals surface area contributed by atoms with Crippen molar-refractivity contribution in [3.05, 3.63) is 35.0 Å². The molecule has 3 aliphatic rings. The number of rotatable bonds is 13. The zero-order chi connectivity index (χ0) is 35.7. The van der Waals surface area contributed by atoms with E-state index in [2.05, 4.69) is 9.62 Å². The molecule has 1 aromatic heterocycles. The Bertz CT molecular complexity index is 1730. The van der Waals surface area contributed by atoms with Crippen LogP contribution in [0.5, 0.6) is 0 Å². The second-order valence-electron chi connectivity index (χ2n) is 12.9. The van der Waals surface area contributed by atoms with Crippen LogP contribution in [-0.2, 0) is 50.7 Å². The van der Waals surface area contributed by atoms with Crippen LogP contribution in [0.2, 0.25) is 0 Å². The molecule has 0 spiro atoms. The number of fused-ring (bicyclic) bond motifs is 1. The highest BCUT2D eigenvalue weighted by atomic mass is 32.2. The third kappa shape index (κ3) is 9.16. The van der Waals surface area contributed by atoms with Crippen LogP contribution in [0.1, 0.15) is 42.5 Å². The number of likely N-dealkylation sites (tertiary alicyclic amines) is 2. The SMILES string of the molecule is CN(C)S(=O)(=O)NCCSc1cc(-c2nn(CC(O)CN3CCC(N4CCCC4=O)CC3)c3c2CN(S(C)(=O)=O)CC3)ccc1C(F)(F)F. The maximum Gasteiger partial charge on any atom is 0.417 e. The molecule has 274 valence electrons. The number of thioether (sulfide) groups is 1. The Kier molecular flexibility index (Phi) is 11.7. The van der Waals surface area contributed by atoms with Crippen LogP contribution in [0.15, 0.2) is 23.1 Å². The second kappa shape index (κ2) is 15.1. The van der Waals surface area contributed by atoms with E-state index in [4.69, 9.17) is 5.10 Å². The Labute approximate surface area is 290 Å². The van der Waals surface area contributed by atoms with Gasteiger partial charge in [-0.15, -0.1) is 11.8 Å². The van der Waals surface area contributed by atoms with E-state index in [1.54, 1.807) is 4.68 Å². The molecule has 1 atom stereocenters. The summed E-state index contributed by atoms with van der Waals surface area (Å²) < 4.78 is 97.4. The first-order valence-corrected chi connectivity index (χ1v) is 20.5. The molecule has 2 saturated heterocycles. The smallest absolute Gasteiger partial charge is 0.390 e. The first kappa shape index (κ1) is 38.0. The normalized spacial score (nSPS) is 19.6. The van der Waals surface area contributed by atoms with Gasteiger partial charge < -0.3 is 14.9 Å². The van der Waals surface area contributed by atoms with Crippen molar-refractivity contribution < 1.29 is 39.9 Å². The first-order valence-electron chi connectivity index (χ1n) is 16.2. The number of carbonyl (C=O) groups excluding carboxylic acids is 1. The summed E-state index contributed by atoms with van der Waals surface area (Å²) in [4.78, 5) is 16.2. The lowest BCUT2D eigenvalue weighted by Gasteiger charge is -2.37. The van der Waals surface area contributed by atoms with Crippen molar-refractivity contribution in [2.45, 2.75) is 68.4 Å². The van der Waals surface area contributed by atoms with Gasteiger partial charge in [0.05, 0.1) is 30.2 Å². The van der Waals surface area contributed by atoms with E-state index in [0.717, 1.165) is 67.3 Å². The molecule has 1 amide bonds. The molecular formula is C30H44F3N7O6S3. The Hall–Kier alpha value is -2.26. The number of β-amino-alcohol motifs (C(OH)–C–C–N with tert-alkyl or cyclic N) is 1. The lowest BCUT2D eigenvalue weighted by molar-refractivity contribution is -0.139. The molecule has 2 fully saturated rings. The zero-order valence-corrected chi connectivity index (χ0v) is 30.3. The Morgan fingerprint density at radius 1 is 1.08 bits per heavy atom. The van der Waals surface area contributed by atoms with Gasteiger partial charge in [-0.05, 0) is 31.4 Å². The molecule has 0 aliphatic carbocycles. The van der Waals surface area contributed by atoms with E-state index in [0.29, 0.717) is 41.9 Å². The summed E-state index contributed by atoms with van der Waals surface area (Å²) in [5, 5.41) is 15.9. The van der Waals surface area contributed by atoms with Gasteiger partial charge in [-0.2, -0.15) is 35.3 Å². The van der Waals surface area contributed by atoms with Gasteiger partial charge in [-0.3, -0.25) is 9.48 Å². The standard InChI is InChI=1S/C30H44F3N7O6S3/c1-36(2)49(45,46)34-11-16-47-27-17-21(6-7-25(27)30(31,32)33)29-24-20-38(48(3,43)44)15-10-26(24)40(35-29)19-23(41)18-37-13-8-22(9-14-37)39-12-4-5-28(39)42/h6-7,17,22-23,34,41H,4-5,8-16,18-20H2,1-3H3. The number of hydrogen-bond donors (Lipinski definition) is 2. The van der Waals surface area contributed by atoms with Gasteiger partial charge in [0.15, 0.2) is 0 Å². The molecule has 2 aromatic rings. The van der Waals surface area contributed by atoms with Crippen LogP contribution >= 0.6 is 11.8 Å². The number of nitrogens with zero attached hydrogens (tertiary/aromatic N) is 6. The largest absolute Gasteiger partial charge is 0.417 e. The number of aliphatic hydroxyl groups excluding tert-OH is 1. The van der Waals surface area contributed by atoms with Gasteiger partial charge in [0.25, 0.3) is 10.2 Å². The van der Waals surface area contributed by atoms with Gasteiger partial charge in [-0.1, -0.05) is 6.07 Å². The highest BCUT2D eigenvalue weighted by Crippen LogP contribution is 2.40. The number of alkyl halides is 3. The number of amides is 1. The Balaban J connectivity index is 1.36. The molecule has 49 heavy (non-hydrogen) atoms. The minimum absolute atomic E-state index is 0.0157. The average molecular weight is 752 g/mol. The number of aliphatic hydroxyl groups is 1. The van der Waals surface area contributed by atoms with Crippen molar-refractivity contribution in [3.63, 3.8) is 0 Å². The summed E-state index contributed by atoms with van der Waals surface area (Å²) in [6.45, 7) is 2.84. The molecule has 4 heterocycles. The van der Waals surface area contributed by atoms with Crippen LogP contribution in [0.3, 0.4) is 0 Å². The van der Waals surface area contributed by atoms with E-state index in [9.17, 15) is 39.9 Å². The quantitative estimate of drug-likeness (QED) is 0.231. The molecular weight excluding hydrogens is 708 g/mol. The minimum atomic E-state index is -4.67. The lowest BCUT2D eigenvalue weighted by Crippen LogP contribution is -2.47. The number of benzene rings is 1. The molecule has 5 rings (SSSR count). The number of sulfonamides is 1. The van der Waals surface area contributed by atoms with E-state index in [1.165, 1.54) is 30.5 Å². The van der Waals surface area contributed by atoms with Crippen molar-refractivity contribution in [3.8, 4) is 11.3 Å². The third-order valence-corrected chi connectivity index (χ3v) is 13.1. The fourth-order valence-electron chi connectivity index (χ4n) is 6.64. The van der Waals surface area contributed by atoms with Gasteiger partial charge in [0.1, 0.15) is 0 Å². The summed E-state index contributed by atoms with van der Waals surface area (Å²) in [5.41, 5.74) is 1.08. The third-order valence-electron chi connectivity index (χ3n) is 9.21.